The topological polar surface area (TPSA) is 55.6 Å². The summed E-state index contributed by atoms with van der Waals surface area (Å²) < 4.78 is 5.13. The Morgan fingerprint density at radius 2 is 2.17 bits per heavy atom. The average Bonchev–Trinajstić information content (AvgIpc) is 2.38. The van der Waals surface area contributed by atoms with E-state index in [1.807, 2.05) is 7.05 Å². The van der Waals surface area contributed by atoms with Gasteiger partial charge in [-0.25, -0.2) is 0 Å². The van der Waals surface area contributed by atoms with Crippen molar-refractivity contribution in [2.75, 3.05) is 19.9 Å². The molecule has 1 amide bonds. The molecular weight excluding hydrogens is 228 g/mol. The van der Waals surface area contributed by atoms with Crippen molar-refractivity contribution in [1.82, 2.24) is 4.90 Å². The van der Waals surface area contributed by atoms with Gasteiger partial charge in [0.2, 0.25) is 0 Å². The Balaban J connectivity index is 2.90. The first kappa shape index (κ1) is 14.4. The number of amides is 1. The van der Waals surface area contributed by atoms with E-state index in [1.165, 1.54) is 0 Å². The molecule has 4 nitrogen and oxygen atoms in total. The van der Waals surface area contributed by atoms with Crippen LogP contribution in [0.4, 0.5) is 5.69 Å². The predicted molar refractivity (Wildman–Crippen MR) is 73.9 cm³/mol. The van der Waals surface area contributed by atoms with Gasteiger partial charge in [0, 0.05) is 18.7 Å². The van der Waals surface area contributed by atoms with Crippen LogP contribution in [0.5, 0.6) is 5.75 Å². The fourth-order valence-electron chi connectivity index (χ4n) is 1.86. The van der Waals surface area contributed by atoms with Crippen LogP contribution in [-0.4, -0.2) is 31.0 Å². The van der Waals surface area contributed by atoms with Crippen molar-refractivity contribution >= 4 is 11.6 Å². The van der Waals surface area contributed by atoms with E-state index in [2.05, 4.69) is 13.8 Å². The molecule has 1 aromatic carbocycles. The normalized spacial score (nSPS) is 12.0. The molecule has 4 heteroatoms. The number of methoxy groups -OCH3 is 1. The van der Waals surface area contributed by atoms with Crippen molar-refractivity contribution < 1.29 is 9.53 Å². The lowest BCUT2D eigenvalue weighted by Gasteiger charge is -2.25. The molecule has 2 N–H and O–H groups in total. The van der Waals surface area contributed by atoms with Gasteiger partial charge in [0.1, 0.15) is 5.75 Å². The molecule has 0 radical (unpaired) electrons. The van der Waals surface area contributed by atoms with Crippen molar-refractivity contribution in [3.05, 3.63) is 23.8 Å². The standard InChI is InChI=1S/C14H22N2O2/c1-5-6-10(2)16(3)14(17)11-7-8-12(15)13(9-11)18-4/h7-10H,5-6,15H2,1-4H3. The molecule has 0 bridgehead atoms. The summed E-state index contributed by atoms with van der Waals surface area (Å²) in [5, 5.41) is 0. The molecule has 0 aliphatic heterocycles. The monoisotopic (exact) mass is 250 g/mol. The van der Waals surface area contributed by atoms with Crippen LogP contribution in [0.3, 0.4) is 0 Å². The zero-order chi connectivity index (χ0) is 13.7. The zero-order valence-corrected chi connectivity index (χ0v) is 11.6. The largest absolute Gasteiger partial charge is 0.495 e. The van der Waals surface area contributed by atoms with Gasteiger partial charge in [-0.1, -0.05) is 13.3 Å². The molecule has 0 spiro atoms. The van der Waals surface area contributed by atoms with Crippen LogP contribution in [0.25, 0.3) is 0 Å². The summed E-state index contributed by atoms with van der Waals surface area (Å²) in [7, 11) is 3.37. The number of carbonyl (C=O) groups is 1. The maximum Gasteiger partial charge on any atom is 0.253 e. The Morgan fingerprint density at radius 3 is 2.72 bits per heavy atom. The van der Waals surface area contributed by atoms with E-state index in [1.54, 1.807) is 30.2 Å². The number of nitrogens with zero attached hydrogens (tertiary/aromatic N) is 1. The SMILES string of the molecule is CCCC(C)N(C)C(=O)c1ccc(N)c(OC)c1. The van der Waals surface area contributed by atoms with E-state index < -0.39 is 0 Å². The van der Waals surface area contributed by atoms with E-state index in [0.717, 1.165) is 12.8 Å². The summed E-state index contributed by atoms with van der Waals surface area (Å²) in [4.78, 5) is 14.0. The molecule has 0 heterocycles. The van der Waals surface area contributed by atoms with Crippen LogP contribution < -0.4 is 10.5 Å². The quantitative estimate of drug-likeness (QED) is 0.817. The number of anilines is 1. The van der Waals surface area contributed by atoms with Crippen molar-refractivity contribution in [1.29, 1.82) is 0 Å². The predicted octanol–water partition coefficient (Wildman–Crippen LogP) is 2.54. The smallest absolute Gasteiger partial charge is 0.253 e. The van der Waals surface area contributed by atoms with Gasteiger partial charge in [-0.3, -0.25) is 4.79 Å². The molecule has 18 heavy (non-hydrogen) atoms. The molecule has 1 aromatic rings. The summed E-state index contributed by atoms with van der Waals surface area (Å²) in [5.41, 5.74) is 6.88. The summed E-state index contributed by atoms with van der Waals surface area (Å²) in [6.07, 6.45) is 2.05. The Hall–Kier alpha value is -1.71. The van der Waals surface area contributed by atoms with Crippen molar-refractivity contribution in [3.8, 4) is 5.75 Å². The number of nitrogens with two attached hydrogens (primary N) is 1. The molecule has 1 rings (SSSR count). The maximum absolute atomic E-state index is 12.3. The molecule has 1 unspecified atom stereocenters. The fraction of sp³-hybridized carbons (Fsp3) is 0.500. The second-order valence-corrected chi connectivity index (χ2v) is 4.51. The highest BCUT2D eigenvalue weighted by Crippen LogP contribution is 2.23. The van der Waals surface area contributed by atoms with Gasteiger partial charge in [-0.05, 0) is 31.5 Å². The first-order valence-electron chi connectivity index (χ1n) is 6.21. The van der Waals surface area contributed by atoms with Gasteiger partial charge in [0.25, 0.3) is 5.91 Å². The molecule has 0 aliphatic carbocycles. The molecule has 100 valence electrons. The molecular formula is C14H22N2O2. The van der Waals surface area contributed by atoms with E-state index >= 15 is 0 Å². The number of benzene rings is 1. The molecule has 0 saturated heterocycles. The number of hydrogen-bond acceptors (Lipinski definition) is 3. The maximum atomic E-state index is 12.3. The first-order chi connectivity index (χ1) is 8.51. The zero-order valence-electron chi connectivity index (χ0n) is 11.6. The molecule has 1 atom stereocenters. The van der Waals surface area contributed by atoms with Gasteiger partial charge in [0.15, 0.2) is 0 Å². The minimum absolute atomic E-state index is 0.00532. The van der Waals surface area contributed by atoms with Crippen LogP contribution in [-0.2, 0) is 0 Å². The van der Waals surface area contributed by atoms with Crippen LogP contribution in [0.15, 0.2) is 18.2 Å². The van der Waals surface area contributed by atoms with Gasteiger partial charge in [-0.2, -0.15) is 0 Å². The lowest BCUT2D eigenvalue weighted by molar-refractivity contribution is 0.0736. The van der Waals surface area contributed by atoms with Gasteiger partial charge < -0.3 is 15.4 Å². The lowest BCUT2D eigenvalue weighted by atomic mass is 10.1. The van der Waals surface area contributed by atoms with Crippen molar-refractivity contribution in [2.45, 2.75) is 32.7 Å². The Kier molecular flexibility index (Phi) is 5.01. The number of carbonyl (C=O) groups excluding carboxylic acids is 1. The minimum Gasteiger partial charge on any atom is -0.495 e. The third kappa shape index (κ3) is 3.15. The molecule has 0 aromatic heterocycles. The van der Waals surface area contributed by atoms with Gasteiger partial charge >= 0.3 is 0 Å². The second kappa shape index (κ2) is 6.28. The van der Waals surface area contributed by atoms with Crippen molar-refractivity contribution in [2.24, 2.45) is 0 Å². The fourth-order valence-corrected chi connectivity index (χ4v) is 1.86. The van der Waals surface area contributed by atoms with Gasteiger partial charge in [-0.15, -0.1) is 0 Å². The van der Waals surface area contributed by atoms with Crippen LogP contribution in [0.2, 0.25) is 0 Å². The van der Waals surface area contributed by atoms with E-state index in [-0.39, 0.29) is 11.9 Å². The first-order valence-corrected chi connectivity index (χ1v) is 6.21. The number of hydrogen-bond donors (Lipinski definition) is 1. The van der Waals surface area contributed by atoms with E-state index in [4.69, 9.17) is 10.5 Å². The molecule has 0 fully saturated rings. The number of rotatable bonds is 5. The Morgan fingerprint density at radius 1 is 1.50 bits per heavy atom. The van der Waals surface area contributed by atoms with E-state index in [9.17, 15) is 4.79 Å². The van der Waals surface area contributed by atoms with Crippen molar-refractivity contribution in [3.63, 3.8) is 0 Å². The highest BCUT2D eigenvalue weighted by atomic mass is 16.5. The highest BCUT2D eigenvalue weighted by Gasteiger charge is 2.17. The second-order valence-electron chi connectivity index (χ2n) is 4.51. The number of nitrogen functional groups attached to an aromatic ring is 1. The summed E-state index contributed by atoms with van der Waals surface area (Å²) in [6.45, 7) is 4.16. The summed E-state index contributed by atoms with van der Waals surface area (Å²) in [5.74, 6) is 0.534. The lowest BCUT2D eigenvalue weighted by Crippen LogP contribution is -2.34. The van der Waals surface area contributed by atoms with Gasteiger partial charge in [0.05, 0.1) is 12.8 Å². The van der Waals surface area contributed by atoms with Crippen LogP contribution >= 0.6 is 0 Å². The summed E-state index contributed by atoms with van der Waals surface area (Å²) in [6, 6.07) is 5.35. The molecule has 0 aliphatic rings. The molecule has 0 saturated carbocycles. The minimum atomic E-state index is -0.00532. The summed E-state index contributed by atoms with van der Waals surface area (Å²) >= 11 is 0. The van der Waals surface area contributed by atoms with E-state index in [0.29, 0.717) is 17.0 Å². The Labute approximate surface area is 109 Å². The third-order valence-electron chi connectivity index (χ3n) is 3.17. The van der Waals surface area contributed by atoms with Crippen LogP contribution in [0.1, 0.15) is 37.0 Å². The Bertz CT molecular complexity index is 418. The number of ether oxygens (including phenoxy) is 1. The van der Waals surface area contributed by atoms with Crippen LogP contribution in [0, 0.1) is 0 Å². The average molecular weight is 250 g/mol. The third-order valence-corrected chi connectivity index (χ3v) is 3.17. The highest BCUT2D eigenvalue weighted by molar-refractivity contribution is 5.95.